The highest BCUT2D eigenvalue weighted by molar-refractivity contribution is 6.31. The Morgan fingerprint density at radius 3 is 2.71 bits per heavy atom. The number of nitrogens with zero attached hydrogens (tertiary/aromatic N) is 7. The summed E-state index contributed by atoms with van der Waals surface area (Å²) in [5.74, 6) is -0.156. The maximum Gasteiger partial charge on any atom is 0.332 e. The molecular formula is C27H27ClN10O3. The van der Waals surface area contributed by atoms with Gasteiger partial charge in [-0.3, -0.25) is 33.8 Å². The van der Waals surface area contributed by atoms with Gasteiger partial charge < -0.3 is 9.55 Å². The molecule has 0 aliphatic rings. The van der Waals surface area contributed by atoms with Crippen molar-refractivity contribution in [3.8, 4) is 11.4 Å². The third kappa shape index (κ3) is 4.53. The highest BCUT2D eigenvalue weighted by Gasteiger charge is 2.26. The van der Waals surface area contributed by atoms with E-state index in [4.69, 9.17) is 16.7 Å². The van der Waals surface area contributed by atoms with E-state index in [9.17, 15) is 14.4 Å². The van der Waals surface area contributed by atoms with Crippen LogP contribution in [0.3, 0.4) is 0 Å². The molecule has 3 N–H and O–H groups in total. The van der Waals surface area contributed by atoms with E-state index in [1.54, 1.807) is 34.6 Å². The number of benzene rings is 1. The van der Waals surface area contributed by atoms with E-state index >= 15 is 0 Å². The first-order valence-corrected chi connectivity index (χ1v) is 13.3. The molecule has 210 valence electrons. The zero-order valence-electron chi connectivity index (χ0n) is 22.8. The van der Waals surface area contributed by atoms with Gasteiger partial charge in [-0.15, -0.1) is 5.10 Å². The summed E-state index contributed by atoms with van der Waals surface area (Å²) in [6.45, 7) is 4.63. The molecule has 0 atom stereocenters. The standard InChI is InChI=1S/C27H27ClN10O3/c1-14(2)10-37-23-21(25(40)36(4)27(37)41)22(20-7-15(11-35(20)3)24(39)32-26-30-13-31-33-26)38(34-23)12-16-9-29-19-6-5-17(28)8-18(16)19/h5-9,11,13-14,29H,10,12H2,1-4H3,(H2,30,31,32,33,39). The Hall–Kier alpha value is -4.91. The van der Waals surface area contributed by atoms with Crippen LogP contribution >= 0.6 is 11.6 Å². The average Bonchev–Trinajstić information content (AvgIpc) is 3.72. The Kier molecular flexibility index (Phi) is 6.37. The van der Waals surface area contributed by atoms with Crippen LogP contribution in [0.5, 0.6) is 0 Å². The SMILES string of the molecule is CC(C)Cn1c(=O)n(C)c(=O)c2c(-c3cc(C(=O)Nc4nc[nH]n4)cn3C)n(Cc3c[nH]c4ccc(Cl)cc34)nc21. The first kappa shape index (κ1) is 26.3. The Morgan fingerprint density at radius 1 is 1.17 bits per heavy atom. The molecule has 6 aromatic rings. The van der Waals surface area contributed by atoms with Crippen LogP contribution in [0, 0.1) is 5.92 Å². The number of aryl methyl sites for hydroxylation is 1. The minimum Gasteiger partial charge on any atom is -0.361 e. The van der Waals surface area contributed by atoms with Crippen molar-refractivity contribution >= 4 is 45.4 Å². The first-order valence-electron chi connectivity index (χ1n) is 12.9. The van der Waals surface area contributed by atoms with Crippen molar-refractivity contribution in [3.05, 3.63) is 80.0 Å². The van der Waals surface area contributed by atoms with Gasteiger partial charge in [-0.1, -0.05) is 25.4 Å². The largest absolute Gasteiger partial charge is 0.361 e. The van der Waals surface area contributed by atoms with Gasteiger partial charge in [0.2, 0.25) is 5.95 Å². The van der Waals surface area contributed by atoms with Crippen LogP contribution in [0.4, 0.5) is 5.95 Å². The summed E-state index contributed by atoms with van der Waals surface area (Å²) in [4.78, 5) is 47.1. The molecule has 0 aliphatic carbocycles. The molecule has 0 bridgehead atoms. The van der Waals surface area contributed by atoms with Gasteiger partial charge in [-0.05, 0) is 35.7 Å². The second kappa shape index (κ2) is 9.93. The van der Waals surface area contributed by atoms with Gasteiger partial charge in [0, 0.05) is 49.0 Å². The molecule has 0 saturated carbocycles. The number of amides is 1. The lowest BCUT2D eigenvalue weighted by molar-refractivity contribution is 0.102. The quantitative estimate of drug-likeness (QED) is 0.266. The molecule has 6 rings (SSSR count). The fourth-order valence-corrected chi connectivity index (χ4v) is 5.25. The maximum atomic E-state index is 13.7. The Morgan fingerprint density at radius 2 is 1.98 bits per heavy atom. The number of aromatic nitrogens is 9. The lowest BCUT2D eigenvalue weighted by Crippen LogP contribution is -2.38. The van der Waals surface area contributed by atoms with E-state index in [-0.39, 0.29) is 29.4 Å². The predicted molar refractivity (Wildman–Crippen MR) is 155 cm³/mol. The van der Waals surface area contributed by atoms with Crippen LogP contribution in [-0.2, 0) is 27.2 Å². The summed E-state index contributed by atoms with van der Waals surface area (Å²) in [7, 11) is 3.24. The summed E-state index contributed by atoms with van der Waals surface area (Å²) in [6, 6.07) is 7.25. The monoisotopic (exact) mass is 574 g/mol. The van der Waals surface area contributed by atoms with Crippen LogP contribution in [0.25, 0.3) is 33.3 Å². The van der Waals surface area contributed by atoms with Crippen molar-refractivity contribution in [2.75, 3.05) is 5.32 Å². The van der Waals surface area contributed by atoms with Gasteiger partial charge in [0.25, 0.3) is 11.5 Å². The fourth-order valence-electron chi connectivity index (χ4n) is 5.08. The van der Waals surface area contributed by atoms with Crippen LogP contribution in [0.1, 0.15) is 29.8 Å². The van der Waals surface area contributed by atoms with E-state index in [0.29, 0.717) is 28.5 Å². The van der Waals surface area contributed by atoms with Crippen LogP contribution in [0.15, 0.2) is 52.6 Å². The van der Waals surface area contributed by atoms with Crippen molar-refractivity contribution in [1.82, 2.24) is 43.6 Å². The lowest BCUT2D eigenvalue weighted by atomic mass is 10.1. The normalized spacial score (nSPS) is 11.8. The number of nitrogens with one attached hydrogen (secondary N) is 3. The van der Waals surface area contributed by atoms with Crippen LogP contribution < -0.4 is 16.6 Å². The average molecular weight is 575 g/mol. The third-order valence-corrected chi connectivity index (χ3v) is 7.21. The summed E-state index contributed by atoms with van der Waals surface area (Å²) in [6.07, 6.45) is 4.89. The number of hydrogen-bond donors (Lipinski definition) is 3. The van der Waals surface area contributed by atoms with E-state index < -0.39 is 17.2 Å². The molecule has 0 radical (unpaired) electrons. The van der Waals surface area contributed by atoms with Crippen molar-refractivity contribution in [3.63, 3.8) is 0 Å². The maximum absolute atomic E-state index is 13.7. The van der Waals surface area contributed by atoms with Crippen molar-refractivity contribution in [2.45, 2.75) is 26.9 Å². The molecule has 0 saturated heterocycles. The molecule has 0 spiro atoms. The molecule has 0 fully saturated rings. The molecule has 0 unspecified atom stereocenters. The fraction of sp³-hybridized carbons (Fsp3) is 0.259. The second-order valence-electron chi connectivity index (χ2n) is 10.4. The number of fused-ring (bicyclic) bond motifs is 2. The van der Waals surface area contributed by atoms with Crippen molar-refractivity contribution in [1.29, 1.82) is 0 Å². The molecule has 1 aromatic carbocycles. The van der Waals surface area contributed by atoms with E-state index in [1.807, 2.05) is 32.2 Å². The van der Waals surface area contributed by atoms with Gasteiger partial charge in [0.05, 0.1) is 17.8 Å². The zero-order chi connectivity index (χ0) is 29.0. The summed E-state index contributed by atoms with van der Waals surface area (Å²) in [5.41, 5.74) is 2.55. The Labute approximate surface area is 237 Å². The number of anilines is 1. The highest BCUT2D eigenvalue weighted by atomic mass is 35.5. The number of carbonyl (C=O) groups excluding carboxylic acids is 1. The van der Waals surface area contributed by atoms with E-state index in [2.05, 4.69) is 25.5 Å². The minimum atomic E-state index is -0.471. The molecule has 5 aromatic heterocycles. The zero-order valence-corrected chi connectivity index (χ0v) is 23.5. The molecule has 13 nitrogen and oxygen atoms in total. The Balaban J connectivity index is 1.59. The van der Waals surface area contributed by atoms with E-state index in [0.717, 1.165) is 21.0 Å². The van der Waals surface area contributed by atoms with Crippen molar-refractivity contribution < 1.29 is 4.79 Å². The topological polar surface area (TPSA) is 153 Å². The molecule has 14 heteroatoms. The number of rotatable bonds is 7. The van der Waals surface area contributed by atoms with Crippen LogP contribution in [-0.4, -0.2) is 49.6 Å². The lowest BCUT2D eigenvalue weighted by Gasteiger charge is -2.11. The van der Waals surface area contributed by atoms with E-state index in [1.165, 1.54) is 17.9 Å². The predicted octanol–water partition coefficient (Wildman–Crippen LogP) is 3.11. The van der Waals surface area contributed by atoms with Gasteiger partial charge >= 0.3 is 5.69 Å². The molecule has 5 heterocycles. The third-order valence-electron chi connectivity index (χ3n) is 6.97. The smallest absolute Gasteiger partial charge is 0.332 e. The van der Waals surface area contributed by atoms with Gasteiger partial charge in [0.1, 0.15) is 17.4 Å². The summed E-state index contributed by atoms with van der Waals surface area (Å²) in [5, 5.41) is 15.7. The van der Waals surface area contributed by atoms with Gasteiger partial charge in [-0.25, -0.2) is 9.78 Å². The minimum absolute atomic E-state index is 0.124. The highest BCUT2D eigenvalue weighted by Crippen LogP contribution is 2.30. The van der Waals surface area contributed by atoms with Gasteiger partial charge in [0.15, 0.2) is 5.65 Å². The Bertz CT molecular complexity index is 2060. The van der Waals surface area contributed by atoms with Gasteiger partial charge in [-0.2, -0.15) is 5.10 Å². The molecule has 1 amide bonds. The summed E-state index contributed by atoms with van der Waals surface area (Å²) < 4.78 is 6.10. The van der Waals surface area contributed by atoms with Crippen LogP contribution in [0.2, 0.25) is 5.02 Å². The number of carbonyl (C=O) groups is 1. The first-order chi connectivity index (χ1) is 19.6. The number of halogens is 1. The molecular weight excluding hydrogens is 548 g/mol. The van der Waals surface area contributed by atoms with Crippen molar-refractivity contribution in [2.24, 2.45) is 20.0 Å². The molecule has 0 aliphatic heterocycles. The number of aromatic amines is 2. The second-order valence-corrected chi connectivity index (χ2v) is 10.8. The molecule has 41 heavy (non-hydrogen) atoms. The number of hydrogen-bond acceptors (Lipinski definition) is 6. The number of H-pyrrole nitrogens is 2. The summed E-state index contributed by atoms with van der Waals surface area (Å²) >= 11 is 6.30.